The van der Waals surface area contributed by atoms with Crippen molar-refractivity contribution in [3.8, 4) is 0 Å². The molecule has 10 heteroatoms. The normalized spacial score (nSPS) is 16.8. The molecule has 0 fully saturated rings. The highest BCUT2D eigenvalue weighted by atomic mass is 32.2. The summed E-state index contributed by atoms with van der Waals surface area (Å²) in [5.41, 5.74) is 0. The van der Waals surface area contributed by atoms with Gasteiger partial charge in [-0.15, -0.1) is 20.4 Å². The van der Waals surface area contributed by atoms with Crippen LogP contribution in [-0.4, -0.2) is 41.3 Å². The van der Waals surface area contributed by atoms with Crippen LogP contribution in [0.5, 0.6) is 0 Å². The van der Waals surface area contributed by atoms with E-state index in [0.717, 1.165) is 59.2 Å². The number of fused-ring (bicyclic) bond motifs is 4. The van der Waals surface area contributed by atoms with Gasteiger partial charge in [-0.1, -0.05) is 23.5 Å². The van der Waals surface area contributed by atoms with Crippen molar-refractivity contribution < 1.29 is 0 Å². The molecule has 2 aromatic heterocycles. The highest BCUT2D eigenvalue weighted by molar-refractivity contribution is 8.00. The molecule has 0 aromatic carbocycles. The molecule has 2 aromatic rings. The van der Waals surface area contributed by atoms with E-state index in [2.05, 4.69) is 20.4 Å². The zero-order valence-electron chi connectivity index (χ0n) is 10.9. The molecule has 1 aliphatic rings. The lowest BCUT2D eigenvalue weighted by Gasteiger charge is -2.06. The molecule has 0 saturated heterocycles. The second-order valence-corrected chi connectivity index (χ2v) is 6.57. The third-order valence-corrected chi connectivity index (χ3v) is 5.08. The molecule has 0 radical (unpaired) electrons. The maximum absolute atomic E-state index is 5.99. The summed E-state index contributed by atoms with van der Waals surface area (Å²) in [7, 11) is 0. The van der Waals surface area contributed by atoms with Gasteiger partial charge in [0.05, 0.1) is 0 Å². The predicted octanol–water partition coefficient (Wildman–Crippen LogP) is 0.0604. The number of rotatable bonds is 0. The highest BCUT2D eigenvalue weighted by Crippen LogP contribution is 2.21. The van der Waals surface area contributed by atoms with Gasteiger partial charge in [0.1, 0.15) is 0 Å². The smallest absolute Gasteiger partial charge is 0.209 e. The Kier molecular flexibility index (Phi) is 4.01. The molecule has 3 heterocycles. The van der Waals surface area contributed by atoms with Crippen LogP contribution in [0.15, 0.2) is 10.3 Å². The number of hydrogen-bond donors (Lipinski definition) is 2. The maximum atomic E-state index is 5.99. The van der Waals surface area contributed by atoms with E-state index in [-0.39, 0.29) is 0 Å². The molecule has 0 spiro atoms. The van der Waals surface area contributed by atoms with Crippen molar-refractivity contribution in [2.45, 2.75) is 36.0 Å². The lowest BCUT2D eigenvalue weighted by molar-refractivity contribution is 0.684. The van der Waals surface area contributed by atoms with Crippen molar-refractivity contribution in [3.05, 3.63) is 11.6 Å². The van der Waals surface area contributed by atoms with Crippen LogP contribution in [0, 0.1) is 0 Å². The fourth-order valence-electron chi connectivity index (χ4n) is 1.94. The summed E-state index contributed by atoms with van der Waals surface area (Å²) < 4.78 is 3.17. The summed E-state index contributed by atoms with van der Waals surface area (Å²) in [6.07, 6.45) is 3.37. The van der Waals surface area contributed by atoms with Crippen LogP contribution >= 0.6 is 23.5 Å². The van der Waals surface area contributed by atoms with E-state index in [0.29, 0.717) is 0 Å². The molecule has 0 atom stereocenters. The molecule has 0 saturated carbocycles. The molecule has 3 rings (SSSR count). The molecule has 0 amide bonds. The Labute approximate surface area is 124 Å². The van der Waals surface area contributed by atoms with Gasteiger partial charge < -0.3 is 11.7 Å². The zero-order chi connectivity index (χ0) is 13.9. The van der Waals surface area contributed by atoms with Crippen molar-refractivity contribution in [2.75, 3.05) is 23.2 Å². The summed E-state index contributed by atoms with van der Waals surface area (Å²) >= 11 is 3.25. The number of nitrogens with zero attached hydrogens (tertiary/aromatic N) is 6. The molecule has 4 N–H and O–H groups in total. The first-order valence-electron chi connectivity index (χ1n) is 6.40. The average molecular weight is 312 g/mol. The van der Waals surface area contributed by atoms with Gasteiger partial charge in [0, 0.05) is 24.3 Å². The maximum Gasteiger partial charge on any atom is 0.209 e. The van der Waals surface area contributed by atoms with Gasteiger partial charge in [-0.2, -0.15) is 0 Å². The molecule has 1 aliphatic heterocycles. The van der Waals surface area contributed by atoms with E-state index >= 15 is 0 Å². The Balaban J connectivity index is 1.79. The van der Waals surface area contributed by atoms with E-state index in [4.69, 9.17) is 11.7 Å². The summed E-state index contributed by atoms with van der Waals surface area (Å²) in [6, 6.07) is 0. The van der Waals surface area contributed by atoms with Crippen LogP contribution < -0.4 is 11.7 Å². The van der Waals surface area contributed by atoms with Crippen molar-refractivity contribution in [1.29, 1.82) is 0 Å². The minimum absolute atomic E-state index is 0.749. The minimum atomic E-state index is 0.749. The molecule has 0 unspecified atom stereocenters. The lowest BCUT2D eigenvalue weighted by atomic mass is 10.2. The van der Waals surface area contributed by atoms with Crippen LogP contribution in [0.1, 0.15) is 24.5 Å². The summed E-state index contributed by atoms with van der Waals surface area (Å²) in [5, 5.41) is 18.1. The van der Waals surface area contributed by atoms with Crippen molar-refractivity contribution in [3.63, 3.8) is 0 Å². The van der Waals surface area contributed by atoms with Crippen LogP contribution in [0.25, 0.3) is 0 Å². The van der Waals surface area contributed by atoms with Gasteiger partial charge in [-0.25, -0.2) is 9.35 Å². The van der Waals surface area contributed by atoms with E-state index in [1.165, 1.54) is 0 Å². The van der Waals surface area contributed by atoms with E-state index < -0.39 is 0 Å². The van der Waals surface area contributed by atoms with Gasteiger partial charge in [0.25, 0.3) is 0 Å². The zero-order valence-corrected chi connectivity index (χ0v) is 12.5. The van der Waals surface area contributed by atoms with Crippen LogP contribution in [0.2, 0.25) is 0 Å². The van der Waals surface area contributed by atoms with E-state index in [1.807, 2.05) is 0 Å². The topological polar surface area (TPSA) is 113 Å². The number of thioether (sulfide) groups is 2. The van der Waals surface area contributed by atoms with Gasteiger partial charge in [0.2, 0.25) is 10.3 Å². The Morgan fingerprint density at radius 3 is 1.75 bits per heavy atom. The fourth-order valence-corrected chi connectivity index (χ4v) is 3.75. The molecular formula is C10H16N8S2. The van der Waals surface area contributed by atoms with Gasteiger partial charge in [-0.3, -0.25) is 0 Å². The molecule has 8 nitrogen and oxygen atoms in total. The molecule has 0 aliphatic carbocycles. The van der Waals surface area contributed by atoms with Crippen molar-refractivity contribution >= 4 is 23.5 Å². The second kappa shape index (κ2) is 5.92. The Morgan fingerprint density at radius 1 is 0.750 bits per heavy atom. The summed E-state index contributed by atoms with van der Waals surface area (Å²) in [5.74, 6) is 15.5. The fraction of sp³-hybridized carbons (Fsp3) is 0.600. The molecule has 20 heavy (non-hydrogen) atoms. The quantitative estimate of drug-likeness (QED) is 0.657. The van der Waals surface area contributed by atoms with Crippen molar-refractivity contribution in [2.24, 2.45) is 0 Å². The monoisotopic (exact) mass is 312 g/mol. The largest absolute Gasteiger partial charge is 0.336 e. The first-order chi connectivity index (χ1) is 9.75. The molecule has 4 bridgehead atoms. The van der Waals surface area contributed by atoms with Crippen molar-refractivity contribution in [1.82, 2.24) is 29.7 Å². The third kappa shape index (κ3) is 2.70. The summed E-state index contributed by atoms with van der Waals surface area (Å²) in [4.78, 5) is 0. The third-order valence-electron chi connectivity index (χ3n) is 3.02. The lowest BCUT2D eigenvalue weighted by Crippen LogP contribution is -2.16. The van der Waals surface area contributed by atoms with Crippen LogP contribution in [-0.2, 0) is 12.8 Å². The highest BCUT2D eigenvalue weighted by Gasteiger charge is 2.14. The van der Waals surface area contributed by atoms with Crippen LogP contribution in [0.4, 0.5) is 0 Å². The van der Waals surface area contributed by atoms with E-state index in [9.17, 15) is 0 Å². The first kappa shape index (κ1) is 13.6. The Hall–Kier alpha value is -1.42. The second-order valence-electron chi connectivity index (χ2n) is 4.44. The first-order valence-corrected chi connectivity index (χ1v) is 8.37. The molecular weight excluding hydrogens is 296 g/mol. The molecule has 108 valence electrons. The van der Waals surface area contributed by atoms with Gasteiger partial charge in [-0.05, 0) is 12.8 Å². The van der Waals surface area contributed by atoms with Crippen LogP contribution in [0.3, 0.4) is 0 Å². The number of nitrogens with two attached hydrogens (primary N) is 2. The van der Waals surface area contributed by atoms with E-state index in [1.54, 1.807) is 32.9 Å². The standard InChI is InChI=1S/C10H16N8S2/c11-17-7-3-1-4-8-14-16-10(18(8)12)20-6-2-5-19-9(17)15-13-7/h1-6,11-12H2. The Bertz CT molecular complexity index is 542. The summed E-state index contributed by atoms with van der Waals surface area (Å²) in [6.45, 7) is 0. The van der Waals surface area contributed by atoms with Gasteiger partial charge in [0.15, 0.2) is 11.6 Å². The number of aromatic nitrogens is 6. The minimum Gasteiger partial charge on any atom is -0.336 e. The average Bonchev–Trinajstić information content (AvgIpc) is 2.95. The Morgan fingerprint density at radius 2 is 1.25 bits per heavy atom. The predicted molar refractivity (Wildman–Crippen MR) is 78.4 cm³/mol. The number of hydrogen-bond acceptors (Lipinski definition) is 8. The number of aryl methyl sites for hydroxylation is 2. The SMILES string of the molecule is Nn1c2nnc1SCCCSc1nnc(n1N)CCC2. The number of nitrogen functional groups attached to an aromatic ring is 2. The van der Waals surface area contributed by atoms with Gasteiger partial charge >= 0.3 is 0 Å².